The van der Waals surface area contributed by atoms with Gasteiger partial charge in [-0.25, -0.2) is 9.59 Å². The van der Waals surface area contributed by atoms with Crippen molar-refractivity contribution < 1.29 is 42.9 Å². The van der Waals surface area contributed by atoms with E-state index in [0.29, 0.717) is 41.2 Å². The fourth-order valence-electron chi connectivity index (χ4n) is 7.71. The molecule has 1 saturated carbocycles. The summed E-state index contributed by atoms with van der Waals surface area (Å²) in [6.45, 7) is 16.8. The van der Waals surface area contributed by atoms with Crippen LogP contribution in [0.15, 0.2) is 72.8 Å². The van der Waals surface area contributed by atoms with E-state index in [4.69, 9.17) is 24.7 Å². The van der Waals surface area contributed by atoms with Crippen LogP contribution in [0.25, 0.3) is 11.3 Å². The molecule has 0 heterocycles. The molecular formula is C48H66N4O9. The van der Waals surface area contributed by atoms with Gasteiger partial charge < -0.3 is 40.6 Å². The van der Waals surface area contributed by atoms with Crippen LogP contribution in [0.3, 0.4) is 0 Å². The zero-order valence-electron chi connectivity index (χ0n) is 37.4. The highest BCUT2D eigenvalue weighted by Gasteiger charge is 2.43. The number of allylic oxidation sites excluding steroid dienone is 2. The topological polar surface area (TPSA) is 184 Å². The van der Waals surface area contributed by atoms with Crippen LogP contribution in [-0.2, 0) is 38.2 Å². The normalized spacial score (nSPS) is 18.7. The molecule has 3 amide bonds. The Morgan fingerprint density at radius 2 is 1.57 bits per heavy atom. The molecule has 13 nitrogen and oxygen atoms in total. The molecule has 2 aromatic carbocycles. The first kappa shape index (κ1) is 48.1. The van der Waals surface area contributed by atoms with Crippen LogP contribution in [-0.4, -0.2) is 73.7 Å². The van der Waals surface area contributed by atoms with E-state index in [0.717, 1.165) is 37.7 Å². The van der Waals surface area contributed by atoms with E-state index in [1.165, 1.54) is 14.2 Å². The Morgan fingerprint density at radius 3 is 2.15 bits per heavy atom. The molecule has 5 atom stereocenters. The largest absolute Gasteiger partial charge is 0.497 e. The van der Waals surface area contributed by atoms with Crippen molar-refractivity contribution in [2.24, 2.45) is 17.3 Å². The number of nitrogens with two attached hydrogens (primary N) is 1. The number of methoxy groups -OCH3 is 2. The van der Waals surface area contributed by atoms with E-state index >= 15 is 0 Å². The maximum atomic E-state index is 14.6. The number of hydrogen-bond acceptors (Lipinski definition) is 10. The summed E-state index contributed by atoms with van der Waals surface area (Å²) in [5.41, 5.74) is 7.30. The zero-order valence-corrected chi connectivity index (χ0v) is 37.4. The number of anilines is 1. The number of carbonyl (C=O) groups is 5. The summed E-state index contributed by atoms with van der Waals surface area (Å²) in [5, 5.41) is 8.66. The first-order chi connectivity index (χ1) is 28.8. The SMILES string of the molecule is C=C(/C=C(/O[C@H]1C=C(C(=O)N[C@H](C(=O)N[C@H](C(=O)OC)C2CCCCC2)C(C)(C)C)[C@H](C(=O)N[C@@H](CCC)C(=O)OC(C)(C)C)C1)c1ccc(OC)cc1N)c1ccccc1. The molecule has 2 aliphatic rings. The zero-order chi connectivity index (χ0) is 45.1. The smallest absolute Gasteiger partial charge is 0.329 e. The van der Waals surface area contributed by atoms with Crippen LogP contribution in [0.2, 0.25) is 0 Å². The minimum Gasteiger partial charge on any atom is -0.497 e. The highest BCUT2D eigenvalue weighted by atomic mass is 16.6. The minimum atomic E-state index is -1.13. The summed E-state index contributed by atoms with van der Waals surface area (Å²) in [4.78, 5) is 69.4. The lowest BCUT2D eigenvalue weighted by Gasteiger charge is -2.34. The van der Waals surface area contributed by atoms with Crippen molar-refractivity contribution in [2.75, 3.05) is 20.0 Å². The van der Waals surface area contributed by atoms with Gasteiger partial charge in [0.2, 0.25) is 17.7 Å². The van der Waals surface area contributed by atoms with Gasteiger partial charge in [0, 0.05) is 29.3 Å². The van der Waals surface area contributed by atoms with Crippen molar-refractivity contribution >= 4 is 46.7 Å². The van der Waals surface area contributed by atoms with Crippen molar-refractivity contribution in [3.05, 3.63) is 84.0 Å². The number of nitrogens with one attached hydrogen (secondary N) is 3. The summed E-state index contributed by atoms with van der Waals surface area (Å²) in [5.74, 6) is -3.29. The minimum absolute atomic E-state index is 0.00540. The highest BCUT2D eigenvalue weighted by Crippen LogP contribution is 2.36. The van der Waals surface area contributed by atoms with Crippen LogP contribution >= 0.6 is 0 Å². The molecule has 5 N–H and O–H groups in total. The van der Waals surface area contributed by atoms with Crippen molar-refractivity contribution in [3.63, 3.8) is 0 Å². The molecule has 2 aromatic rings. The molecule has 0 unspecified atom stereocenters. The Labute approximate surface area is 361 Å². The average molecular weight is 843 g/mol. The molecule has 0 saturated heterocycles. The van der Waals surface area contributed by atoms with Crippen molar-refractivity contribution in [2.45, 2.75) is 130 Å². The fraction of sp³-hybridized carbons (Fsp3) is 0.521. The first-order valence-electron chi connectivity index (χ1n) is 21.3. The van der Waals surface area contributed by atoms with Crippen LogP contribution in [0, 0.1) is 17.3 Å². The molecule has 2 aliphatic carbocycles. The van der Waals surface area contributed by atoms with E-state index in [2.05, 4.69) is 22.5 Å². The second kappa shape index (κ2) is 21.3. The summed E-state index contributed by atoms with van der Waals surface area (Å²) < 4.78 is 22.8. The maximum absolute atomic E-state index is 14.6. The molecule has 0 radical (unpaired) electrons. The third-order valence-corrected chi connectivity index (χ3v) is 10.9. The Balaban J connectivity index is 1.74. The number of ether oxygens (including phenoxy) is 4. The van der Waals surface area contributed by atoms with Gasteiger partial charge in [0.15, 0.2) is 0 Å². The number of esters is 2. The predicted molar refractivity (Wildman–Crippen MR) is 237 cm³/mol. The lowest BCUT2D eigenvalue weighted by atomic mass is 9.82. The second-order valence-corrected chi connectivity index (χ2v) is 18.0. The number of rotatable bonds is 17. The summed E-state index contributed by atoms with van der Waals surface area (Å²) >= 11 is 0. The quantitative estimate of drug-likeness (QED) is 0.0557. The number of carbonyl (C=O) groups excluding carboxylic acids is 5. The van der Waals surface area contributed by atoms with Gasteiger partial charge >= 0.3 is 11.9 Å². The molecule has 0 bridgehead atoms. The predicted octanol–water partition coefficient (Wildman–Crippen LogP) is 7.06. The van der Waals surface area contributed by atoms with Crippen molar-refractivity contribution in [1.82, 2.24) is 16.0 Å². The molecule has 0 spiro atoms. The molecular weight excluding hydrogens is 777 g/mol. The fourth-order valence-corrected chi connectivity index (χ4v) is 7.71. The molecule has 1 fully saturated rings. The van der Waals surface area contributed by atoms with Crippen LogP contribution < -0.4 is 26.4 Å². The molecule has 61 heavy (non-hydrogen) atoms. The van der Waals surface area contributed by atoms with Crippen LogP contribution in [0.5, 0.6) is 5.75 Å². The van der Waals surface area contributed by atoms with Crippen molar-refractivity contribution in [3.8, 4) is 5.75 Å². The summed E-state index contributed by atoms with van der Waals surface area (Å²) in [6.07, 6.45) is 7.79. The van der Waals surface area contributed by atoms with E-state index < -0.39 is 70.8 Å². The Kier molecular flexibility index (Phi) is 16.8. The maximum Gasteiger partial charge on any atom is 0.329 e. The number of nitrogen functional groups attached to an aromatic ring is 1. The van der Waals surface area contributed by atoms with Gasteiger partial charge in [-0.15, -0.1) is 0 Å². The number of amides is 3. The van der Waals surface area contributed by atoms with Gasteiger partial charge in [0.25, 0.3) is 0 Å². The summed E-state index contributed by atoms with van der Waals surface area (Å²) in [6, 6.07) is 11.7. The third kappa shape index (κ3) is 13.5. The van der Waals surface area contributed by atoms with Crippen LogP contribution in [0.1, 0.15) is 111 Å². The number of hydrogen-bond donors (Lipinski definition) is 4. The van der Waals surface area contributed by atoms with Crippen molar-refractivity contribution in [1.29, 1.82) is 0 Å². The van der Waals surface area contributed by atoms with E-state index in [1.807, 2.05) is 37.3 Å². The monoisotopic (exact) mass is 842 g/mol. The highest BCUT2D eigenvalue weighted by molar-refractivity contribution is 6.04. The van der Waals surface area contributed by atoms with Gasteiger partial charge in [-0.05, 0) is 86.8 Å². The van der Waals surface area contributed by atoms with Gasteiger partial charge in [0.05, 0.1) is 20.1 Å². The third-order valence-electron chi connectivity index (χ3n) is 10.9. The van der Waals surface area contributed by atoms with Gasteiger partial charge in [-0.2, -0.15) is 0 Å². The molecule has 332 valence electrons. The molecule has 13 heteroatoms. The lowest BCUT2D eigenvalue weighted by Crippen LogP contribution is -2.58. The standard InChI is InChI=1S/C48H66N4O9/c1-11-18-38(45(56)61-48(6,7)8)50-42(53)35-26-33(60-39(25-29(2)30-19-14-12-15-20-30)34-24-23-32(58-9)28-37(34)49)27-36(35)43(54)52-41(47(3,4)5)44(55)51-40(46(57)59-10)31-21-16-13-17-22-31/h12,14-15,19-20,23-25,27-28,31,33,35,38,40-41H,2,11,13,16-18,21-22,26,49H2,1,3-10H3,(H,50,53)(H,51,55)(H,52,54)/b39-25+/t33-,35-,38+,40+,41-/m1/s1. The van der Waals surface area contributed by atoms with E-state index in [1.54, 1.807) is 71.9 Å². The molecule has 4 rings (SSSR count). The molecule has 0 aliphatic heterocycles. The van der Waals surface area contributed by atoms with Gasteiger partial charge in [0.1, 0.15) is 41.3 Å². The average Bonchev–Trinajstić information content (AvgIpc) is 3.64. The lowest BCUT2D eigenvalue weighted by molar-refractivity contribution is -0.159. The van der Waals surface area contributed by atoms with E-state index in [9.17, 15) is 24.0 Å². The number of benzene rings is 2. The first-order valence-corrected chi connectivity index (χ1v) is 21.3. The van der Waals surface area contributed by atoms with Gasteiger partial charge in [-0.3, -0.25) is 14.4 Å². The van der Waals surface area contributed by atoms with Crippen LogP contribution in [0.4, 0.5) is 5.69 Å². The van der Waals surface area contributed by atoms with E-state index in [-0.39, 0.29) is 17.9 Å². The summed E-state index contributed by atoms with van der Waals surface area (Å²) in [7, 11) is 2.83. The Hall–Kier alpha value is -5.59. The molecule has 0 aromatic heterocycles. The Morgan fingerprint density at radius 1 is 0.902 bits per heavy atom. The Bertz CT molecular complexity index is 1950. The van der Waals surface area contributed by atoms with Gasteiger partial charge in [-0.1, -0.05) is 90.3 Å². The second-order valence-electron chi connectivity index (χ2n) is 18.0.